The van der Waals surface area contributed by atoms with Crippen molar-refractivity contribution in [1.29, 1.82) is 0 Å². The van der Waals surface area contributed by atoms with Crippen LogP contribution in [0.15, 0.2) is 52.0 Å². The Bertz CT molecular complexity index is 862. The van der Waals surface area contributed by atoms with Crippen molar-refractivity contribution in [2.75, 3.05) is 25.1 Å². The molecule has 0 radical (unpaired) electrons. The lowest BCUT2D eigenvalue weighted by Crippen LogP contribution is -2.31. The molecule has 0 bridgehead atoms. The highest BCUT2D eigenvalue weighted by atomic mass is 79.9. The van der Waals surface area contributed by atoms with Crippen LogP contribution >= 0.6 is 28.1 Å². The average molecular weight is 479 g/mol. The van der Waals surface area contributed by atoms with E-state index < -0.39 is 0 Å². The number of benzene rings is 2. The molecule has 2 aromatic rings. The molecule has 0 heterocycles. The van der Waals surface area contributed by atoms with Crippen molar-refractivity contribution < 1.29 is 14.3 Å². The van der Waals surface area contributed by atoms with E-state index in [2.05, 4.69) is 37.1 Å². The maximum atomic E-state index is 12.1. The van der Waals surface area contributed by atoms with Gasteiger partial charge in [-0.05, 0) is 66.3 Å². The Kier molecular flexibility index (Phi) is 9.39. The summed E-state index contributed by atoms with van der Waals surface area (Å²) in [4.78, 5) is 12.1. The van der Waals surface area contributed by atoms with Crippen LogP contribution in [0.4, 0.5) is 5.69 Å². The maximum Gasteiger partial charge on any atom is 0.262 e. The van der Waals surface area contributed by atoms with E-state index in [4.69, 9.17) is 21.7 Å². The number of nitrogens with zero attached hydrogens (tertiary/aromatic N) is 1. The number of rotatable bonds is 9. The van der Waals surface area contributed by atoms with Crippen molar-refractivity contribution in [3.8, 4) is 11.5 Å². The zero-order valence-corrected chi connectivity index (χ0v) is 18.6. The minimum Gasteiger partial charge on any atom is -0.490 e. The molecule has 0 aliphatic rings. The van der Waals surface area contributed by atoms with Crippen molar-refractivity contribution in [2.24, 2.45) is 5.10 Å². The van der Waals surface area contributed by atoms with Gasteiger partial charge >= 0.3 is 0 Å². The Labute approximate surface area is 184 Å². The Morgan fingerprint density at radius 3 is 2.59 bits per heavy atom. The first kappa shape index (κ1) is 22.6. The van der Waals surface area contributed by atoms with E-state index in [1.807, 2.05) is 44.2 Å². The summed E-state index contributed by atoms with van der Waals surface area (Å²) in [5, 5.41) is 10.3. The van der Waals surface area contributed by atoms with Gasteiger partial charge in [-0.15, -0.1) is 0 Å². The van der Waals surface area contributed by atoms with Gasteiger partial charge in [-0.3, -0.25) is 10.2 Å². The first-order valence-electron chi connectivity index (χ1n) is 9.04. The minimum atomic E-state index is -0.262. The minimum absolute atomic E-state index is 0.145. The Hall–Kier alpha value is -2.65. The number of hydrogen-bond acceptors (Lipinski definition) is 5. The predicted octanol–water partition coefficient (Wildman–Crippen LogP) is 3.68. The molecule has 0 fully saturated rings. The fraction of sp³-hybridized carbons (Fsp3) is 0.250. The first-order chi connectivity index (χ1) is 14.0. The molecule has 0 saturated carbocycles. The molecule has 0 aromatic heterocycles. The third kappa shape index (κ3) is 7.71. The summed E-state index contributed by atoms with van der Waals surface area (Å²) in [5.41, 5.74) is 4.21. The summed E-state index contributed by atoms with van der Waals surface area (Å²) in [6, 6.07) is 12.7. The lowest BCUT2D eigenvalue weighted by molar-refractivity contribution is -0.118. The van der Waals surface area contributed by atoms with E-state index >= 15 is 0 Å². The van der Waals surface area contributed by atoms with Crippen molar-refractivity contribution >= 4 is 51.1 Å². The SMILES string of the molecule is CCNC(=S)N/N=C\c1cc(OCC)c(OCC(=O)Nc2ccccc2)cc1Br. The quantitative estimate of drug-likeness (QED) is 0.289. The third-order valence-electron chi connectivity index (χ3n) is 3.49. The van der Waals surface area contributed by atoms with Crippen LogP contribution in [-0.4, -0.2) is 37.0 Å². The second-order valence-corrected chi connectivity index (χ2v) is 6.95. The number of anilines is 1. The van der Waals surface area contributed by atoms with Gasteiger partial charge < -0.3 is 20.1 Å². The summed E-state index contributed by atoms with van der Waals surface area (Å²) >= 11 is 8.55. The van der Waals surface area contributed by atoms with Gasteiger partial charge in [0.25, 0.3) is 5.91 Å². The second kappa shape index (κ2) is 12.0. The van der Waals surface area contributed by atoms with Crippen LogP contribution in [0.25, 0.3) is 0 Å². The Morgan fingerprint density at radius 1 is 1.17 bits per heavy atom. The van der Waals surface area contributed by atoms with Crippen LogP contribution in [0.2, 0.25) is 0 Å². The molecule has 7 nitrogen and oxygen atoms in total. The molecule has 2 aromatic carbocycles. The lowest BCUT2D eigenvalue weighted by Gasteiger charge is -2.14. The fourth-order valence-corrected chi connectivity index (χ4v) is 2.88. The number of hydrazone groups is 1. The molecule has 0 spiro atoms. The number of ether oxygens (including phenoxy) is 2. The molecule has 0 aliphatic carbocycles. The molecule has 0 aliphatic heterocycles. The molecule has 0 atom stereocenters. The monoisotopic (exact) mass is 478 g/mol. The standard InChI is InChI=1S/C20H23BrN4O3S/c1-3-22-20(29)25-23-12-14-10-17(27-4-2)18(11-16(14)21)28-13-19(26)24-15-8-6-5-7-9-15/h5-12H,3-4,13H2,1-2H3,(H,24,26)(H2,22,25,29)/b23-12-. The number of carbonyl (C=O) groups excluding carboxylic acids is 1. The summed E-state index contributed by atoms with van der Waals surface area (Å²) in [5.74, 6) is 0.704. The summed E-state index contributed by atoms with van der Waals surface area (Å²) in [6.07, 6.45) is 1.61. The molecule has 0 unspecified atom stereocenters. The largest absolute Gasteiger partial charge is 0.490 e. The van der Waals surface area contributed by atoms with Crippen molar-refractivity contribution in [3.05, 3.63) is 52.5 Å². The van der Waals surface area contributed by atoms with E-state index in [0.717, 1.165) is 10.0 Å². The van der Waals surface area contributed by atoms with Crippen molar-refractivity contribution in [2.45, 2.75) is 13.8 Å². The van der Waals surface area contributed by atoms with Gasteiger partial charge in [-0.2, -0.15) is 5.10 Å². The fourth-order valence-electron chi connectivity index (χ4n) is 2.25. The maximum absolute atomic E-state index is 12.1. The van der Waals surface area contributed by atoms with Crippen LogP contribution in [0.5, 0.6) is 11.5 Å². The van der Waals surface area contributed by atoms with Gasteiger partial charge in [0.15, 0.2) is 23.2 Å². The van der Waals surface area contributed by atoms with E-state index in [1.54, 1.807) is 18.3 Å². The van der Waals surface area contributed by atoms with Crippen LogP contribution < -0.4 is 25.5 Å². The van der Waals surface area contributed by atoms with Gasteiger partial charge in [0.2, 0.25) is 0 Å². The van der Waals surface area contributed by atoms with Gasteiger partial charge in [-0.25, -0.2) is 0 Å². The van der Waals surface area contributed by atoms with Crippen LogP contribution in [0.3, 0.4) is 0 Å². The van der Waals surface area contributed by atoms with Crippen LogP contribution in [0.1, 0.15) is 19.4 Å². The third-order valence-corrected chi connectivity index (χ3v) is 4.41. The van der Waals surface area contributed by atoms with E-state index in [9.17, 15) is 4.79 Å². The number of carbonyl (C=O) groups is 1. The highest BCUT2D eigenvalue weighted by molar-refractivity contribution is 9.10. The van der Waals surface area contributed by atoms with Gasteiger partial charge in [-0.1, -0.05) is 18.2 Å². The molecule has 9 heteroatoms. The first-order valence-corrected chi connectivity index (χ1v) is 10.2. The predicted molar refractivity (Wildman–Crippen MR) is 123 cm³/mol. The highest BCUT2D eigenvalue weighted by Crippen LogP contribution is 2.33. The number of para-hydroxylation sites is 1. The zero-order valence-electron chi connectivity index (χ0n) is 16.2. The lowest BCUT2D eigenvalue weighted by atomic mass is 10.2. The summed E-state index contributed by atoms with van der Waals surface area (Å²) < 4.78 is 12.1. The van der Waals surface area contributed by atoms with Gasteiger partial charge in [0.1, 0.15) is 0 Å². The van der Waals surface area contributed by atoms with E-state index in [0.29, 0.717) is 35.5 Å². The molecule has 0 saturated heterocycles. The number of hydrogen-bond donors (Lipinski definition) is 3. The molecule has 3 N–H and O–H groups in total. The smallest absolute Gasteiger partial charge is 0.262 e. The molecule has 2 rings (SSSR count). The number of nitrogens with one attached hydrogen (secondary N) is 3. The Morgan fingerprint density at radius 2 is 1.90 bits per heavy atom. The summed E-state index contributed by atoms with van der Waals surface area (Å²) in [6.45, 7) is 4.84. The zero-order chi connectivity index (χ0) is 21.1. The topological polar surface area (TPSA) is 84.0 Å². The van der Waals surface area contributed by atoms with E-state index in [-0.39, 0.29) is 12.5 Å². The molecular weight excluding hydrogens is 456 g/mol. The Balaban J connectivity index is 2.05. The highest BCUT2D eigenvalue weighted by Gasteiger charge is 2.12. The molecular formula is C20H23BrN4O3S. The molecule has 1 amide bonds. The normalized spacial score (nSPS) is 10.4. The number of thiocarbonyl (C=S) groups is 1. The second-order valence-electron chi connectivity index (χ2n) is 5.69. The van der Waals surface area contributed by atoms with Crippen LogP contribution in [-0.2, 0) is 4.79 Å². The molecule has 29 heavy (non-hydrogen) atoms. The van der Waals surface area contributed by atoms with Gasteiger partial charge in [0.05, 0.1) is 12.8 Å². The molecule has 154 valence electrons. The summed E-state index contributed by atoms with van der Waals surface area (Å²) in [7, 11) is 0. The van der Waals surface area contributed by atoms with Gasteiger partial charge in [0, 0.05) is 22.3 Å². The van der Waals surface area contributed by atoms with Crippen molar-refractivity contribution in [3.63, 3.8) is 0 Å². The van der Waals surface area contributed by atoms with Crippen molar-refractivity contribution in [1.82, 2.24) is 10.7 Å². The number of halogens is 1. The number of amides is 1. The van der Waals surface area contributed by atoms with Crippen LogP contribution in [0, 0.1) is 0 Å². The average Bonchev–Trinajstić information content (AvgIpc) is 2.70. The van der Waals surface area contributed by atoms with E-state index in [1.165, 1.54) is 0 Å².